The molecule has 0 atom stereocenters. The van der Waals surface area contributed by atoms with Crippen molar-refractivity contribution in [2.45, 2.75) is 44.3 Å². The minimum atomic E-state index is -3.51. The first-order valence-electron chi connectivity index (χ1n) is 10.8. The number of hydrogen-bond donors (Lipinski definition) is 2. The molecule has 4 rings (SSSR count). The van der Waals surface area contributed by atoms with Crippen LogP contribution in [0.4, 0.5) is 11.8 Å². The molecule has 0 aromatic carbocycles. The van der Waals surface area contributed by atoms with Gasteiger partial charge in [0, 0.05) is 18.0 Å². The number of carbonyl (C=O) groups excluding carboxylic acids is 1. The minimum absolute atomic E-state index is 0.0526. The highest BCUT2D eigenvalue weighted by atomic mass is 32.2. The molecule has 0 aliphatic heterocycles. The van der Waals surface area contributed by atoms with Crippen LogP contribution in [0.1, 0.15) is 39.3 Å². The predicted octanol–water partition coefficient (Wildman–Crippen LogP) is 2.55. The standard InChI is InChI=1S/C22H25N7O4S/c1-4-33-19-13-23-12-16(26-19)14-5-8-18(25-11-14)28-20(30)22(2,3)17-9-10-24-21(27-17)29-34(31,32)15-6-7-15/h5,8-13,15H,4,6-7H2,1-3H3,(H,24,27,29)(H,25,28,30). The molecule has 0 radical (unpaired) electrons. The summed E-state index contributed by atoms with van der Waals surface area (Å²) in [6.45, 7) is 5.72. The number of ether oxygens (including phenoxy) is 1. The molecular formula is C22H25N7O4S. The first kappa shape index (κ1) is 23.5. The number of rotatable bonds is 9. The Morgan fingerprint density at radius 1 is 1.12 bits per heavy atom. The van der Waals surface area contributed by atoms with Gasteiger partial charge in [-0.25, -0.2) is 28.4 Å². The summed E-state index contributed by atoms with van der Waals surface area (Å²) in [7, 11) is -3.51. The molecule has 11 nitrogen and oxygen atoms in total. The molecule has 0 bridgehead atoms. The number of pyridine rings is 1. The van der Waals surface area contributed by atoms with Crippen molar-refractivity contribution in [2.24, 2.45) is 0 Å². The molecule has 1 amide bonds. The van der Waals surface area contributed by atoms with Gasteiger partial charge in [0.05, 0.1) is 41.1 Å². The number of aromatic nitrogens is 5. The van der Waals surface area contributed by atoms with Crippen LogP contribution in [0, 0.1) is 0 Å². The topological polar surface area (TPSA) is 149 Å². The highest BCUT2D eigenvalue weighted by Gasteiger charge is 2.37. The summed E-state index contributed by atoms with van der Waals surface area (Å²) in [6, 6.07) is 5.01. The van der Waals surface area contributed by atoms with Gasteiger partial charge in [-0.15, -0.1) is 0 Å². The van der Waals surface area contributed by atoms with Crippen LogP contribution in [-0.4, -0.2) is 51.1 Å². The van der Waals surface area contributed by atoms with Crippen LogP contribution in [0.2, 0.25) is 0 Å². The Kier molecular flexibility index (Phi) is 6.42. The molecule has 0 unspecified atom stereocenters. The lowest BCUT2D eigenvalue weighted by Gasteiger charge is -2.23. The summed E-state index contributed by atoms with van der Waals surface area (Å²) < 4.78 is 32.1. The summed E-state index contributed by atoms with van der Waals surface area (Å²) in [5.74, 6) is 0.353. The van der Waals surface area contributed by atoms with E-state index in [0.29, 0.717) is 42.5 Å². The van der Waals surface area contributed by atoms with Crippen molar-refractivity contribution < 1.29 is 17.9 Å². The van der Waals surface area contributed by atoms with Gasteiger partial charge in [0.1, 0.15) is 5.82 Å². The fraction of sp³-hybridized carbons (Fsp3) is 0.364. The van der Waals surface area contributed by atoms with Crippen molar-refractivity contribution in [1.82, 2.24) is 24.9 Å². The van der Waals surface area contributed by atoms with Crippen LogP contribution in [0.15, 0.2) is 43.0 Å². The van der Waals surface area contributed by atoms with Crippen molar-refractivity contribution in [1.29, 1.82) is 0 Å². The van der Waals surface area contributed by atoms with Crippen LogP contribution >= 0.6 is 0 Å². The molecule has 3 heterocycles. The quantitative estimate of drug-likeness (QED) is 0.468. The number of amides is 1. The Bertz CT molecular complexity index is 1290. The third-order valence-corrected chi connectivity index (χ3v) is 7.08. The van der Waals surface area contributed by atoms with Gasteiger partial charge >= 0.3 is 0 Å². The van der Waals surface area contributed by atoms with Crippen molar-refractivity contribution in [3.8, 4) is 17.1 Å². The highest BCUT2D eigenvalue weighted by Crippen LogP contribution is 2.30. The van der Waals surface area contributed by atoms with Crippen molar-refractivity contribution >= 4 is 27.7 Å². The second-order valence-corrected chi connectivity index (χ2v) is 10.3. The third-order valence-electron chi connectivity index (χ3n) is 5.27. The predicted molar refractivity (Wildman–Crippen MR) is 126 cm³/mol. The average Bonchev–Trinajstić information content (AvgIpc) is 3.66. The first-order chi connectivity index (χ1) is 16.2. The van der Waals surface area contributed by atoms with Crippen molar-refractivity contribution in [2.75, 3.05) is 16.6 Å². The zero-order valence-electron chi connectivity index (χ0n) is 19.0. The fourth-order valence-corrected chi connectivity index (χ4v) is 4.33. The molecule has 1 aliphatic carbocycles. The van der Waals surface area contributed by atoms with Crippen LogP contribution in [0.25, 0.3) is 11.3 Å². The molecule has 0 spiro atoms. The largest absolute Gasteiger partial charge is 0.477 e. The Morgan fingerprint density at radius 3 is 2.59 bits per heavy atom. The zero-order chi connectivity index (χ0) is 24.3. The lowest BCUT2D eigenvalue weighted by molar-refractivity contribution is -0.120. The summed E-state index contributed by atoms with van der Waals surface area (Å²) in [5, 5.41) is 2.37. The summed E-state index contributed by atoms with van der Waals surface area (Å²) >= 11 is 0. The number of nitrogens with zero attached hydrogens (tertiary/aromatic N) is 5. The Balaban J connectivity index is 1.46. The minimum Gasteiger partial charge on any atom is -0.477 e. The van der Waals surface area contributed by atoms with Crippen molar-refractivity contribution in [3.63, 3.8) is 0 Å². The van der Waals surface area contributed by atoms with E-state index in [4.69, 9.17) is 4.74 Å². The maximum absolute atomic E-state index is 13.0. The average molecular weight is 484 g/mol. The van der Waals surface area contributed by atoms with E-state index in [1.165, 1.54) is 12.4 Å². The van der Waals surface area contributed by atoms with Crippen LogP contribution in [-0.2, 0) is 20.2 Å². The maximum atomic E-state index is 13.0. The highest BCUT2D eigenvalue weighted by molar-refractivity contribution is 7.93. The monoisotopic (exact) mass is 483 g/mol. The lowest BCUT2D eigenvalue weighted by atomic mass is 9.88. The second kappa shape index (κ2) is 9.29. The van der Waals surface area contributed by atoms with Gasteiger partial charge in [-0.3, -0.25) is 14.5 Å². The molecule has 1 aliphatic rings. The smallest absolute Gasteiger partial charge is 0.237 e. The molecule has 0 saturated heterocycles. The molecule has 12 heteroatoms. The van der Waals surface area contributed by atoms with Gasteiger partial charge in [-0.2, -0.15) is 0 Å². The molecule has 2 N–H and O–H groups in total. The summed E-state index contributed by atoms with van der Waals surface area (Å²) in [4.78, 5) is 34.1. The van der Waals surface area contributed by atoms with E-state index in [0.717, 1.165) is 5.56 Å². The molecule has 3 aromatic heterocycles. The molecular weight excluding hydrogens is 458 g/mol. The van der Waals surface area contributed by atoms with Crippen LogP contribution in [0.5, 0.6) is 5.88 Å². The van der Waals surface area contributed by atoms with E-state index in [-0.39, 0.29) is 11.9 Å². The Morgan fingerprint density at radius 2 is 1.91 bits per heavy atom. The number of nitrogens with one attached hydrogen (secondary N) is 2. The SMILES string of the molecule is CCOc1cncc(-c2ccc(NC(=O)C(C)(C)c3ccnc(NS(=O)(=O)C4CC4)n3)nc2)n1. The zero-order valence-corrected chi connectivity index (χ0v) is 19.8. The molecule has 3 aromatic rings. The third kappa shape index (κ3) is 5.28. The summed E-state index contributed by atoms with van der Waals surface area (Å²) in [6.07, 6.45) is 7.39. The number of hydrogen-bond acceptors (Lipinski definition) is 9. The maximum Gasteiger partial charge on any atom is 0.237 e. The number of anilines is 2. The van der Waals surface area contributed by atoms with Gasteiger partial charge in [0.25, 0.3) is 0 Å². The van der Waals surface area contributed by atoms with E-state index >= 15 is 0 Å². The molecule has 178 valence electrons. The second-order valence-electron chi connectivity index (χ2n) is 8.30. The Labute approximate surface area is 197 Å². The normalized spacial score (nSPS) is 13.9. The first-order valence-corrected chi connectivity index (χ1v) is 12.3. The fourth-order valence-electron chi connectivity index (χ4n) is 3.06. The van der Waals surface area contributed by atoms with Crippen LogP contribution in [0.3, 0.4) is 0 Å². The van der Waals surface area contributed by atoms with E-state index in [2.05, 4.69) is 35.0 Å². The van der Waals surface area contributed by atoms with Crippen LogP contribution < -0.4 is 14.8 Å². The lowest BCUT2D eigenvalue weighted by Crippen LogP contribution is -2.36. The van der Waals surface area contributed by atoms with E-state index in [1.807, 2.05) is 6.92 Å². The molecule has 1 saturated carbocycles. The summed E-state index contributed by atoms with van der Waals surface area (Å²) in [5.41, 5.74) is 0.599. The van der Waals surface area contributed by atoms with E-state index in [1.54, 1.807) is 44.4 Å². The van der Waals surface area contributed by atoms with E-state index in [9.17, 15) is 13.2 Å². The Hall–Kier alpha value is -3.67. The van der Waals surface area contributed by atoms with Gasteiger partial charge < -0.3 is 10.1 Å². The molecule has 1 fully saturated rings. The molecule has 34 heavy (non-hydrogen) atoms. The van der Waals surface area contributed by atoms with Crippen molar-refractivity contribution in [3.05, 3.63) is 48.7 Å². The van der Waals surface area contributed by atoms with Gasteiger partial charge in [-0.1, -0.05) is 0 Å². The number of carbonyl (C=O) groups is 1. The number of sulfonamides is 1. The van der Waals surface area contributed by atoms with Gasteiger partial charge in [0.2, 0.25) is 27.8 Å². The van der Waals surface area contributed by atoms with Gasteiger partial charge in [-0.05, 0) is 51.8 Å². The van der Waals surface area contributed by atoms with E-state index < -0.39 is 20.7 Å². The van der Waals surface area contributed by atoms with Gasteiger partial charge in [0.15, 0.2) is 0 Å².